The molecular weight excluding hydrogens is 493 g/mol. The lowest BCUT2D eigenvalue weighted by Gasteiger charge is -2.27. The molecule has 1 saturated heterocycles. The topological polar surface area (TPSA) is 54.9 Å². The van der Waals surface area contributed by atoms with Crippen molar-refractivity contribution in [3.8, 4) is 17.0 Å². The number of carbonyl (C=O) groups excluding carboxylic acids is 1. The van der Waals surface area contributed by atoms with Gasteiger partial charge in [-0.1, -0.05) is 41.4 Å². The molecule has 4 rings (SSSR count). The van der Waals surface area contributed by atoms with E-state index in [0.29, 0.717) is 22.4 Å². The van der Waals surface area contributed by atoms with E-state index in [2.05, 4.69) is 36.1 Å². The van der Waals surface area contributed by atoms with Crippen LogP contribution in [0.3, 0.4) is 0 Å². The number of anilines is 1. The number of aromatic nitrogens is 1. The lowest BCUT2D eigenvalue weighted by Crippen LogP contribution is -2.40. The van der Waals surface area contributed by atoms with Crippen LogP contribution in [0.2, 0.25) is 5.02 Å². The summed E-state index contributed by atoms with van der Waals surface area (Å²) in [6, 6.07) is 15.3. The molecule has 0 N–H and O–H groups in total. The highest BCUT2D eigenvalue weighted by atomic mass is 35.5. The third-order valence-corrected chi connectivity index (χ3v) is 6.62. The van der Waals surface area contributed by atoms with E-state index in [4.69, 9.17) is 26.1 Å². The van der Waals surface area contributed by atoms with Crippen LogP contribution in [-0.4, -0.2) is 61.8 Å². The van der Waals surface area contributed by atoms with Crippen LogP contribution >= 0.6 is 35.3 Å². The van der Waals surface area contributed by atoms with Crippen LogP contribution in [0.25, 0.3) is 11.3 Å². The van der Waals surface area contributed by atoms with E-state index < -0.39 is 0 Å². The first kappa shape index (κ1) is 26.4. The zero-order valence-electron chi connectivity index (χ0n) is 19.1. The summed E-state index contributed by atoms with van der Waals surface area (Å²) in [5.41, 5.74) is 3.12. The van der Waals surface area contributed by atoms with Crippen LogP contribution < -0.4 is 9.64 Å². The highest BCUT2D eigenvalue weighted by Gasteiger charge is 2.21. The number of nitrogens with zero attached hydrogens (tertiary/aromatic N) is 3. The molecule has 182 valence electrons. The van der Waals surface area contributed by atoms with Crippen molar-refractivity contribution in [3.05, 3.63) is 64.5 Å². The van der Waals surface area contributed by atoms with Crippen molar-refractivity contribution in [2.24, 2.45) is 0 Å². The highest BCUT2D eigenvalue weighted by molar-refractivity contribution is 7.14. The monoisotopic (exact) mass is 521 g/mol. The third kappa shape index (κ3) is 7.42. The number of rotatable bonds is 9. The molecule has 0 spiro atoms. The number of amides is 1. The summed E-state index contributed by atoms with van der Waals surface area (Å²) in [4.78, 5) is 22.1. The molecule has 9 heteroatoms. The Morgan fingerprint density at radius 2 is 1.85 bits per heavy atom. The first-order valence-electron chi connectivity index (χ1n) is 11.1. The van der Waals surface area contributed by atoms with Gasteiger partial charge in [-0.3, -0.25) is 14.6 Å². The normalized spacial score (nSPS) is 13.8. The summed E-state index contributed by atoms with van der Waals surface area (Å²) in [5.74, 6) is 0.497. The summed E-state index contributed by atoms with van der Waals surface area (Å²) in [7, 11) is 0. The zero-order chi connectivity index (χ0) is 23.0. The zero-order valence-corrected chi connectivity index (χ0v) is 21.5. The fourth-order valence-corrected chi connectivity index (χ4v) is 4.61. The van der Waals surface area contributed by atoms with Crippen molar-refractivity contribution in [2.75, 3.05) is 50.9 Å². The van der Waals surface area contributed by atoms with Crippen LogP contribution in [0.4, 0.5) is 5.13 Å². The van der Waals surface area contributed by atoms with Gasteiger partial charge in [0.1, 0.15) is 5.75 Å². The van der Waals surface area contributed by atoms with E-state index in [9.17, 15) is 4.79 Å². The Labute approximate surface area is 215 Å². The van der Waals surface area contributed by atoms with Gasteiger partial charge in [-0.05, 0) is 37.6 Å². The van der Waals surface area contributed by atoms with E-state index in [1.54, 1.807) is 29.2 Å². The largest absolute Gasteiger partial charge is 0.484 e. The van der Waals surface area contributed by atoms with Crippen LogP contribution in [0.5, 0.6) is 5.75 Å². The lowest BCUT2D eigenvalue weighted by atomic mass is 10.1. The second-order valence-corrected chi connectivity index (χ2v) is 9.25. The Balaban J connectivity index is 0.00000324. The Morgan fingerprint density at radius 3 is 2.56 bits per heavy atom. The van der Waals surface area contributed by atoms with Crippen LogP contribution in [0.1, 0.15) is 12.0 Å². The number of halogens is 2. The van der Waals surface area contributed by atoms with Gasteiger partial charge in [0.05, 0.1) is 18.9 Å². The van der Waals surface area contributed by atoms with Gasteiger partial charge in [0.2, 0.25) is 0 Å². The summed E-state index contributed by atoms with van der Waals surface area (Å²) in [6.07, 6.45) is 0.853. The number of thiazole rings is 1. The summed E-state index contributed by atoms with van der Waals surface area (Å²) in [6.45, 7) is 6.91. The van der Waals surface area contributed by atoms with Gasteiger partial charge in [-0.25, -0.2) is 4.98 Å². The standard InChI is InChI=1S/C25H28ClN3O3S.ClH/c1-19-3-5-20(6-4-19)23-18-33-25(27-23)29(12-2-11-28-13-15-31-16-14-28)24(30)17-32-22-9-7-21(26)8-10-22;/h3-10,18H,2,11-17H2,1H3;1H. The van der Waals surface area contributed by atoms with Crippen molar-refractivity contribution < 1.29 is 14.3 Å². The van der Waals surface area contributed by atoms with Gasteiger partial charge >= 0.3 is 0 Å². The average Bonchev–Trinajstić information content (AvgIpc) is 3.32. The predicted molar refractivity (Wildman–Crippen MR) is 141 cm³/mol. The number of hydrogen-bond donors (Lipinski definition) is 0. The Kier molecular flexibility index (Phi) is 10.2. The average molecular weight is 522 g/mol. The van der Waals surface area contributed by atoms with Crippen LogP contribution in [0, 0.1) is 6.92 Å². The van der Waals surface area contributed by atoms with Crippen molar-refractivity contribution >= 4 is 46.4 Å². The minimum atomic E-state index is -0.114. The fourth-order valence-electron chi connectivity index (χ4n) is 3.60. The minimum Gasteiger partial charge on any atom is -0.484 e. The van der Waals surface area contributed by atoms with E-state index in [0.717, 1.165) is 50.5 Å². The van der Waals surface area contributed by atoms with Crippen molar-refractivity contribution in [3.63, 3.8) is 0 Å². The number of morpholine rings is 1. The molecular formula is C25H29Cl2N3O3S. The maximum atomic E-state index is 13.2. The van der Waals surface area contributed by atoms with Gasteiger partial charge in [0, 0.05) is 42.1 Å². The molecule has 1 fully saturated rings. The smallest absolute Gasteiger partial charge is 0.266 e. The van der Waals surface area contributed by atoms with E-state index >= 15 is 0 Å². The molecule has 1 amide bonds. The highest BCUT2D eigenvalue weighted by Crippen LogP contribution is 2.28. The second-order valence-electron chi connectivity index (χ2n) is 7.98. The molecule has 2 heterocycles. The molecule has 0 saturated carbocycles. The predicted octanol–water partition coefficient (Wildman–Crippen LogP) is 5.33. The first-order chi connectivity index (χ1) is 16.1. The SMILES string of the molecule is Cc1ccc(-c2csc(N(CCCN3CCOCC3)C(=O)COc3ccc(Cl)cc3)n2)cc1.Cl. The van der Waals surface area contributed by atoms with E-state index in [1.165, 1.54) is 16.9 Å². The maximum Gasteiger partial charge on any atom is 0.266 e. The number of aryl methyl sites for hydroxylation is 1. The van der Waals surface area contributed by atoms with Crippen molar-refractivity contribution in [1.29, 1.82) is 0 Å². The molecule has 2 aromatic carbocycles. The van der Waals surface area contributed by atoms with Crippen molar-refractivity contribution in [2.45, 2.75) is 13.3 Å². The van der Waals surface area contributed by atoms with Crippen LogP contribution in [0.15, 0.2) is 53.9 Å². The Morgan fingerprint density at radius 1 is 1.15 bits per heavy atom. The number of ether oxygens (including phenoxy) is 2. The summed E-state index contributed by atoms with van der Waals surface area (Å²) >= 11 is 7.42. The molecule has 1 aliphatic rings. The van der Waals surface area contributed by atoms with Gasteiger partial charge < -0.3 is 9.47 Å². The van der Waals surface area contributed by atoms with Crippen molar-refractivity contribution in [1.82, 2.24) is 9.88 Å². The molecule has 0 bridgehead atoms. The molecule has 0 atom stereocenters. The molecule has 0 aliphatic carbocycles. The summed E-state index contributed by atoms with van der Waals surface area (Å²) in [5, 5.41) is 3.32. The third-order valence-electron chi connectivity index (χ3n) is 5.51. The Bertz CT molecular complexity index is 1040. The minimum absolute atomic E-state index is 0. The number of carbonyl (C=O) groups is 1. The molecule has 3 aromatic rings. The fraction of sp³-hybridized carbons (Fsp3) is 0.360. The summed E-state index contributed by atoms with van der Waals surface area (Å²) < 4.78 is 11.2. The van der Waals surface area contributed by atoms with E-state index in [-0.39, 0.29) is 24.9 Å². The molecule has 0 unspecified atom stereocenters. The number of benzene rings is 2. The quantitative estimate of drug-likeness (QED) is 0.381. The maximum absolute atomic E-state index is 13.2. The molecule has 6 nitrogen and oxygen atoms in total. The lowest BCUT2D eigenvalue weighted by molar-refractivity contribution is -0.120. The number of hydrogen-bond acceptors (Lipinski definition) is 6. The first-order valence-corrected chi connectivity index (χ1v) is 12.4. The molecule has 0 radical (unpaired) electrons. The van der Waals surface area contributed by atoms with Gasteiger partial charge in [-0.15, -0.1) is 23.7 Å². The van der Waals surface area contributed by atoms with Crippen LogP contribution in [-0.2, 0) is 9.53 Å². The Hall–Kier alpha value is -2.16. The van der Waals surface area contributed by atoms with Gasteiger partial charge in [0.15, 0.2) is 11.7 Å². The molecule has 1 aliphatic heterocycles. The van der Waals surface area contributed by atoms with Gasteiger partial charge in [0.25, 0.3) is 5.91 Å². The molecule has 34 heavy (non-hydrogen) atoms. The molecule has 1 aromatic heterocycles. The van der Waals surface area contributed by atoms with Gasteiger partial charge in [-0.2, -0.15) is 0 Å². The van der Waals surface area contributed by atoms with E-state index in [1.807, 2.05) is 5.38 Å². The second kappa shape index (κ2) is 13.1.